The van der Waals surface area contributed by atoms with Gasteiger partial charge in [0.05, 0.1) is 12.2 Å². The summed E-state index contributed by atoms with van der Waals surface area (Å²) >= 11 is 6.42. The van der Waals surface area contributed by atoms with Gasteiger partial charge in [0.1, 0.15) is 0 Å². The Bertz CT molecular complexity index is 1000. The van der Waals surface area contributed by atoms with E-state index in [1.807, 2.05) is 47.2 Å². The Hall–Kier alpha value is -2.42. The summed E-state index contributed by atoms with van der Waals surface area (Å²) in [7, 11) is 0. The van der Waals surface area contributed by atoms with Gasteiger partial charge in [-0.25, -0.2) is 0 Å². The molecule has 0 aliphatic rings. The number of azo groups is 1. The Morgan fingerprint density at radius 2 is 2.00 bits per heavy atom. The largest absolute Gasteiger partial charge is 0.493 e. The lowest BCUT2D eigenvalue weighted by molar-refractivity contribution is 0.214. The maximum absolute atomic E-state index is 10.9. The lowest BCUT2D eigenvalue weighted by Gasteiger charge is -2.22. The number of hydrogen-bond acceptors (Lipinski definition) is 5. The number of nitrogens with two attached hydrogens (primary N) is 1. The zero-order valence-corrected chi connectivity index (χ0v) is 17.5. The van der Waals surface area contributed by atoms with Gasteiger partial charge in [0.2, 0.25) is 11.0 Å². The second kappa shape index (κ2) is 9.18. The number of aromatic nitrogens is 1. The van der Waals surface area contributed by atoms with Crippen molar-refractivity contribution < 1.29 is 5.11 Å². The number of benzene rings is 2. The summed E-state index contributed by atoms with van der Waals surface area (Å²) in [5.41, 5.74) is 7.95. The molecule has 0 saturated carbocycles. The Morgan fingerprint density at radius 3 is 2.64 bits per heavy atom. The molecule has 0 fully saturated rings. The Morgan fingerprint density at radius 1 is 1.25 bits per heavy atom. The van der Waals surface area contributed by atoms with E-state index in [1.165, 1.54) is 5.56 Å². The van der Waals surface area contributed by atoms with E-state index >= 15 is 0 Å². The van der Waals surface area contributed by atoms with Gasteiger partial charge in [-0.1, -0.05) is 37.3 Å². The summed E-state index contributed by atoms with van der Waals surface area (Å²) < 4.78 is 1.85. The zero-order chi connectivity index (χ0) is 20.1. The number of hydrogen-bond donors (Lipinski definition) is 2. The molecule has 8 heteroatoms. The van der Waals surface area contributed by atoms with E-state index in [-0.39, 0.29) is 11.0 Å². The molecule has 1 aromatic heterocycles. The van der Waals surface area contributed by atoms with Crippen LogP contribution >= 0.6 is 24.0 Å². The molecule has 3 N–H and O–H groups in total. The number of aromatic hydroxyl groups is 1. The van der Waals surface area contributed by atoms with Crippen LogP contribution in [0.5, 0.6) is 5.88 Å². The number of thioether (sulfide) groups is 1. The Balaban J connectivity index is 2.01. The lowest BCUT2D eigenvalue weighted by atomic mass is 10.2. The van der Waals surface area contributed by atoms with E-state index in [9.17, 15) is 5.11 Å². The van der Waals surface area contributed by atoms with Crippen molar-refractivity contribution in [3.05, 3.63) is 54.1 Å². The first kappa shape index (κ1) is 20.3. The predicted molar refractivity (Wildman–Crippen MR) is 119 cm³/mol. The van der Waals surface area contributed by atoms with E-state index in [1.54, 1.807) is 11.8 Å². The summed E-state index contributed by atoms with van der Waals surface area (Å²) in [6.07, 6.45) is 2.01. The van der Waals surface area contributed by atoms with Gasteiger partial charge in [0, 0.05) is 16.8 Å². The molecule has 0 radical (unpaired) electrons. The molecule has 0 amide bonds. The van der Waals surface area contributed by atoms with E-state index < -0.39 is 0 Å². The monoisotopic (exact) mass is 413 g/mol. The highest BCUT2D eigenvalue weighted by Gasteiger charge is 2.19. The fraction of sp³-hybridized carbons (Fsp3) is 0.250. The topological polar surface area (TPSA) is 79.1 Å². The third-order valence-electron chi connectivity index (χ3n) is 4.50. The highest BCUT2D eigenvalue weighted by atomic mass is 32.2. The SMILES string of the molecule is CCN(Cc1ccccc1)Cn1c(O)c(N=NC(N)=S)c2cc(SC)ccc21. The number of thiocarbonyl (C=S) groups is 1. The molecule has 3 rings (SSSR count). The maximum atomic E-state index is 10.9. The summed E-state index contributed by atoms with van der Waals surface area (Å²) in [6, 6.07) is 16.3. The molecule has 0 aliphatic carbocycles. The third-order valence-corrected chi connectivity index (χ3v) is 5.31. The molecule has 0 bridgehead atoms. The van der Waals surface area contributed by atoms with Crippen LogP contribution in [-0.4, -0.2) is 32.5 Å². The van der Waals surface area contributed by atoms with Crippen molar-refractivity contribution >= 4 is 45.7 Å². The molecule has 0 unspecified atom stereocenters. The van der Waals surface area contributed by atoms with Crippen LogP contribution in [-0.2, 0) is 13.2 Å². The Kier molecular flexibility index (Phi) is 6.66. The average molecular weight is 414 g/mol. The standard InChI is InChI=1S/C20H23N5OS2/c1-3-24(12-14-7-5-4-6-8-14)13-25-17-10-9-15(28-2)11-16(17)18(19(25)26)22-23-20(21)27/h4-11,26H,3,12-13H2,1-2H3,(H2,21,27). The minimum Gasteiger partial charge on any atom is -0.493 e. The smallest absolute Gasteiger partial charge is 0.221 e. The minimum atomic E-state index is -0.0689. The van der Waals surface area contributed by atoms with Crippen LogP contribution in [0.3, 0.4) is 0 Å². The van der Waals surface area contributed by atoms with Crippen molar-refractivity contribution in [1.82, 2.24) is 9.47 Å². The fourth-order valence-corrected chi connectivity index (χ4v) is 3.55. The van der Waals surface area contributed by atoms with Crippen LogP contribution in [0.15, 0.2) is 63.7 Å². The average Bonchev–Trinajstić information content (AvgIpc) is 2.96. The predicted octanol–water partition coefficient (Wildman–Crippen LogP) is 4.88. The van der Waals surface area contributed by atoms with Crippen LogP contribution < -0.4 is 5.73 Å². The number of fused-ring (bicyclic) bond motifs is 1. The lowest BCUT2D eigenvalue weighted by Crippen LogP contribution is -2.25. The first-order chi connectivity index (χ1) is 13.5. The van der Waals surface area contributed by atoms with E-state index in [0.29, 0.717) is 12.4 Å². The second-order valence-electron chi connectivity index (χ2n) is 6.29. The molecule has 0 saturated heterocycles. The molecule has 0 spiro atoms. The molecule has 28 heavy (non-hydrogen) atoms. The molecule has 2 aromatic carbocycles. The summed E-state index contributed by atoms with van der Waals surface area (Å²) in [4.78, 5) is 3.32. The van der Waals surface area contributed by atoms with E-state index in [2.05, 4.69) is 34.2 Å². The van der Waals surface area contributed by atoms with Gasteiger partial charge in [-0.15, -0.1) is 22.0 Å². The fourth-order valence-electron chi connectivity index (χ4n) is 3.07. The van der Waals surface area contributed by atoms with Crippen LogP contribution in [0.1, 0.15) is 12.5 Å². The van der Waals surface area contributed by atoms with Crippen molar-refractivity contribution in [2.75, 3.05) is 12.8 Å². The van der Waals surface area contributed by atoms with E-state index in [4.69, 9.17) is 18.0 Å². The zero-order valence-electron chi connectivity index (χ0n) is 15.9. The van der Waals surface area contributed by atoms with Gasteiger partial charge < -0.3 is 10.8 Å². The first-order valence-corrected chi connectivity index (χ1v) is 10.5. The van der Waals surface area contributed by atoms with Crippen molar-refractivity contribution in [2.45, 2.75) is 25.0 Å². The van der Waals surface area contributed by atoms with Crippen LogP contribution in [0.2, 0.25) is 0 Å². The number of nitrogens with zero attached hydrogens (tertiary/aromatic N) is 4. The van der Waals surface area contributed by atoms with Gasteiger partial charge in [-0.3, -0.25) is 9.47 Å². The van der Waals surface area contributed by atoms with E-state index in [0.717, 1.165) is 28.9 Å². The van der Waals surface area contributed by atoms with Gasteiger partial charge in [-0.2, -0.15) is 0 Å². The van der Waals surface area contributed by atoms with Crippen LogP contribution in [0.4, 0.5) is 5.69 Å². The maximum Gasteiger partial charge on any atom is 0.221 e. The Labute approximate surface area is 174 Å². The highest BCUT2D eigenvalue weighted by Crippen LogP contribution is 2.40. The normalized spacial score (nSPS) is 11.7. The van der Waals surface area contributed by atoms with Crippen molar-refractivity contribution in [3.63, 3.8) is 0 Å². The van der Waals surface area contributed by atoms with Crippen LogP contribution in [0.25, 0.3) is 10.9 Å². The van der Waals surface area contributed by atoms with Crippen molar-refractivity contribution in [3.8, 4) is 5.88 Å². The molecule has 1 heterocycles. The van der Waals surface area contributed by atoms with Crippen molar-refractivity contribution in [1.29, 1.82) is 0 Å². The van der Waals surface area contributed by atoms with Gasteiger partial charge in [0.25, 0.3) is 0 Å². The van der Waals surface area contributed by atoms with Crippen molar-refractivity contribution in [2.24, 2.45) is 16.0 Å². The minimum absolute atomic E-state index is 0.0553. The van der Waals surface area contributed by atoms with Gasteiger partial charge in [0.15, 0.2) is 5.69 Å². The molecule has 0 atom stereocenters. The summed E-state index contributed by atoms with van der Waals surface area (Å²) in [5, 5.41) is 19.5. The van der Waals surface area contributed by atoms with Gasteiger partial charge in [-0.05, 0) is 48.8 Å². The number of rotatable bonds is 7. The second-order valence-corrected chi connectivity index (χ2v) is 7.59. The molecule has 146 valence electrons. The molecule has 6 nitrogen and oxygen atoms in total. The summed E-state index contributed by atoms with van der Waals surface area (Å²) in [5.74, 6) is 0.0553. The quantitative estimate of drug-likeness (QED) is 0.328. The molecular weight excluding hydrogens is 390 g/mol. The van der Waals surface area contributed by atoms with Gasteiger partial charge >= 0.3 is 0 Å². The molecule has 3 aromatic rings. The molecule has 0 aliphatic heterocycles. The molecular formula is C20H23N5OS2. The van der Waals surface area contributed by atoms with Crippen LogP contribution in [0, 0.1) is 0 Å². The summed E-state index contributed by atoms with van der Waals surface area (Å²) in [6.45, 7) is 4.24. The third kappa shape index (κ3) is 4.52. The highest BCUT2D eigenvalue weighted by molar-refractivity contribution is 7.98. The first-order valence-electron chi connectivity index (χ1n) is 8.90.